The maximum absolute atomic E-state index is 12.8. The fourth-order valence-electron chi connectivity index (χ4n) is 3.34. The standard InChI is InChI=1S/C19H35NOS/c1-6-7-8-10-13-19(14-11-9-12-15-19)22-18(21)20(16(2)3)17(4)5/h11,14,16-17H,6-10,12-13,15H2,1-5H3/t19-/m0/s1. The molecule has 1 aliphatic carbocycles. The summed E-state index contributed by atoms with van der Waals surface area (Å²) >= 11 is 1.59. The van der Waals surface area contributed by atoms with Crippen LogP contribution >= 0.6 is 11.8 Å². The summed E-state index contributed by atoms with van der Waals surface area (Å²) in [5.74, 6) is 0. The molecule has 0 unspecified atom stereocenters. The van der Waals surface area contributed by atoms with Crippen molar-refractivity contribution in [2.24, 2.45) is 0 Å². The van der Waals surface area contributed by atoms with Crippen molar-refractivity contribution < 1.29 is 4.79 Å². The van der Waals surface area contributed by atoms with Crippen LogP contribution in [-0.2, 0) is 0 Å². The van der Waals surface area contributed by atoms with Gasteiger partial charge in [0.15, 0.2) is 0 Å². The van der Waals surface area contributed by atoms with E-state index in [0.717, 1.165) is 12.8 Å². The van der Waals surface area contributed by atoms with Gasteiger partial charge >= 0.3 is 0 Å². The van der Waals surface area contributed by atoms with E-state index < -0.39 is 0 Å². The number of amides is 1. The van der Waals surface area contributed by atoms with E-state index in [9.17, 15) is 4.79 Å². The maximum Gasteiger partial charge on any atom is 0.282 e. The predicted octanol–water partition coefficient (Wildman–Crippen LogP) is 6.41. The molecule has 0 aromatic rings. The Balaban J connectivity index is 2.73. The summed E-state index contributed by atoms with van der Waals surface area (Å²) in [6.45, 7) is 10.7. The first-order valence-corrected chi connectivity index (χ1v) is 9.92. The van der Waals surface area contributed by atoms with Gasteiger partial charge in [-0.3, -0.25) is 4.79 Å². The first-order valence-electron chi connectivity index (χ1n) is 9.11. The van der Waals surface area contributed by atoms with Gasteiger partial charge in [-0.25, -0.2) is 0 Å². The number of carbonyl (C=O) groups is 1. The minimum Gasteiger partial charge on any atom is -0.329 e. The minimum absolute atomic E-state index is 0.0467. The summed E-state index contributed by atoms with van der Waals surface area (Å²) in [4.78, 5) is 14.9. The lowest BCUT2D eigenvalue weighted by Gasteiger charge is -2.37. The van der Waals surface area contributed by atoms with E-state index in [0.29, 0.717) is 0 Å². The molecule has 0 aliphatic heterocycles. The van der Waals surface area contributed by atoms with E-state index in [4.69, 9.17) is 0 Å². The van der Waals surface area contributed by atoms with Crippen molar-refractivity contribution in [2.45, 2.75) is 103 Å². The summed E-state index contributed by atoms with van der Waals surface area (Å²) in [5.41, 5.74) is 0. The fraction of sp³-hybridized carbons (Fsp3) is 0.842. The second kappa shape index (κ2) is 9.64. The Labute approximate surface area is 142 Å². The molecular weight excluding hydrogens is 290 g/mol. The second-order valence-corrected chi connectivity index (χ2v) is 8.50. The van der Waals surface area contributed by atoms with Gasteiger partial charge in [0.2, 0.25) is 0 Å². The van der Waals surface area contributed by atoms with Crippen LogP contribution in [0.2, 0.25) is 0 Å². The van der Waals surface area contributed by atoms with E-state index in [2.05, 4.69) is 46.8 Å². The highest BCUT2D eigenvalue weighted by Gasteiger charge is 2.34. The van der Waals surface area contributed by atoms with Crippen molar-refractivity contribution in [3.63, 3.8) is 0 Å². The molecule has 0 bridgehead atoms. The molecule has 0 radical (unpaired) electrons. The van der Waals surface area contributed by atoms with Crippen LogP contribution in [0.1, 0.15) is 86.0 Å². The third-order valence-electron chi connectivity index (χ3n) is 4.46. The molecule has 0 heterocycles. The summed E-state index contributed by atoms with van der Waals surface area (Å²) in [5, 5.41) is 0.257. The summed E-state index contributed by atoms with van der Waals surface area (Å²) in [6.07, 6.45) is 14.4. The molecule has 1 rings (SSSR count). The Morgan fingerprint density at radius 1 is 1.18 bits per heavy atom. The first kappa shape index (κ1) is 19.6. The van der Waals surface area contributed by atoms with E-state index in [1.165, 1.54) is 38.5 Å². The average molecular weight is 326 g/mol. The van der Waals surface area contributed by atoms with Gasteiger partial charge in [-0.2, -0.15) is 0 Å². The summed E-state index contributed by atoms with van der Waals surface area (Å²) in [7, 11) is 0. The van der Waals surface area contributed by atoms with Crippen LogP contribution in [0.3, 0.4) is 0 Å². The van der Waals surface area contributed by atoms with Crippen LogP contribution in [0.4, 0.5) is 4.79 Å². The number of nitrogens with zero attached hydrogens (tertiary/aromatic N) is 1. The highest BCUT2D eigenvalue weighted by molar-refractivity contribution is 8.14. The van der Waals surface area contributed by atoms with Crippen molar-refractivity contribution in [1.82, 2.24) is 4.90 Å². The third kappa shape index (κ3) is 5.98. The predicted molar refractivity (Wildman–Crippen MR) is 99.6 cm³/mol. The topological polar surface area (TPSA) is 20.3 Å². The lowest BCUT2D eigenvalue weighted by molar-refractivity contribution is 0.189. The molecule has 22 heavy (non-hydrogen) atoms. The number of unbranched alkanes of at least 4 members (excludes halogenated alkanes) is 3. The Morgan fingerprint density at radius 3 is 2.36 bits per heavy atom. The van der Waals surface area contributed by atoms with Crippen LogP contribution in [0.15, 0.2) is 12.2 Å². The maximum atomic E-state index is 12.8. The number of rotatable bonds is 8. The van der Waals surface area contributed by atoms with E-state index >= 15 is 0 Å². The van der Waals surface area contributed by atoms with E-state index in [1.807, 2.05) is 4.90 Å². The molecule has 0 N–H and O–H groups in total. The molecule has 0 saturated carbocycles. The number of allylic oxidation sites excluding steroid dienone is 1. The van der Waals surface area contributed by atoms with E-state index in [1.54, 1.807) is 11.8 Å². The van der Waals surface area contributed by atoms with Crippen LogP contribution < -0.4 is 0 Å². The SMILES string of the molecule is CCCCCC[C@]1(SC(=O)N(C(C)C)C(C)C)C=CCCC1. The zero-order chi connectivity index (χ0) is 16.6. The summed E-state index contributed by atoms with van der Waals surface area (Å²) in [6, 6.07) is 0.537. The Kier molecular flexibility index (Phi) is 8.59. The van der Waals surface area contributed by atoms with Gasteiger partial charge in [-0.15, -0.1) is 0 Å². The van der Waals surface area contributed by atoms with Crippen molar-refractivity contribution in [3.8, 4) is 0 Å². The normalized spacial score (nSPS) is 21.6. The van der Waals surface area contributed by atoms with Gasteiger partial charge in [0, 0.05) is 16.8 Å². The zero-order valence-electron chi connectivity index (χ0n) is 15.2. The number of hydrogen-bond acceptors (Lipinski definition) is 2. The minimum atomic E-state index is 0.0467. The number of hydrogen-bond donors (Lipinski definition) is 0. The Hall–Kier alpha value is -0.440. The number of thioether (sulfide) groups is 1. The molecular formula is C19H35NOS. The van der Waals surface area contributed by atoms with Crippen LogP contribution in [-0.4, -0.2) is 27.0 Å². The Morgan fingerprint density at radius 2 is 1.86 bits per heavy atom. The van der Waals surface area contributed by atoms with Gasteiger partial charge in [-0.05, 0) is 53.4 Å². The summed E-state index contributed by atoms with van der Waals surface area (Å²) < 4.78 is 0.0467. The van der Waals surface area contributed by atoms with Gasteiger partial charge in [0.25, 0.3) is 5.24 Å². The lowest BCUT2D eigenvalue weighted by atomic mass is 9.90. The van der Waals surface area contributed by atoms with Crippen LogP contribution in [0, 0.1) is 0 Å². The van der Waals surface area contributed by atoms with Gasteiger partial charge in [-0.1, -0.05) is 56.5 Å². The first-order chi connectivity index (χ1) is 10.4. The van der Waals surface area contributed by atoms with Gasteiger partial charge in [0.1, 0.15) is 0 Å². The zero-order valence-corrected chi connectivity index (χ0v) is 16.0. The lowest BCUT2D eigenvalue weighted by Crippen LogP contribution is -2.42. The highest BCUT2D eigenvalue weighted by atomic mass is 32.2. The molecule has 0 aromatic carbocycles. The van der Waals surface area contributed by atoms with Crippen molar-refractivity contribution in [3.05, 3.63) is 12.2 Å². The monoisotopic (exact) mass is 325 g/mol. The molecule has 128 valence electrons. The third-order valence-corrected chi connectivity index (χ3v) is 5.80. The van der Waals surface area contributed by atoms with Crippen LogP contribution in [0.5, 0.6) is 0 Å². The van der Waals surface area contributed by atoms with Crippen molar-refractivity contribution in [2.75, 3.05) is 0 Å². The Bertz CT molecular complexity index is 356. The highest BCUT2D eigenvalue weighted by Crippen LogP contribution is 2.42. The molecule has 1 aliphatic rings. The molecule has 0 spiro atoms. The molecule has 1 atom stereocenters. The van der Waals surface area contributed by atoms with Crippen LogP contribution in [0.25, 0.3) is 0 Å². The molecule has 0 fully saturated rings. The number of carbonyl (C=O) groups excluding carboxylic acids is 1. The quantitative estimate of drug-likeness (QED) is 0.380. The van der Waals surface area contributed by atoms with Crippen molar-refractivity contribution in [1.29, 1.82) is 0 Å². The molecule has 2 nitrogen and oxygen atoms in total. The fourth-order valence-corrected chi connectivity index (χ4v) is 4.87. The van der Waals surface area contributed by atoms with Crippen molar-refractivity contribution >= 4 is 17.0 Å². The average Bonchev–Trinajstić information content (AvgIpc) is 2.43. The smallest absolute Gasteiger partial charge is 0.282 e. The van der Waals surface area contributed by atoms with Gasteiger partial charge in [0.05, 0.1) is 0 Å². The molecule has 3 heteroatoms. The second-order valence-electron chi connectivity index (χ2n) is 7.13. The largest absolute Gasteiger partial charge is 0.329 e. The van der Waals surface area contributed by atoms with Gasteiger partial charge < -0.3 is 4.90 Å². The van der Waals surface area contributed by atoms with E-state index in [-0.39, 0.29) is 22.1 Å². The molecule has 0 aromatic heterocycles. The molecule has 1 amide bonds. The molecule has 0 saturated heterocycles.